The Morgan fingerprint density at radius 2 is 2.05 bits per heavy atom. The van der Waals surface area contributed by atoms with Gasteiger partial charge < -0.3 is 5.32 Å². The molecule has 7 heteroatoms. The lowest BCUT2D eigenvalue weighted by Crippen LogP contribution is -2.30. The van der Waals surface area contributed by atoms with Gasteiger partial charge in [0.1, 0.15) is 11.0 Å². The van der Waals surface area contributed by atoms with Crippen LogP contribution < -0.4 is 5.32 Å². The summed E-state index contributed by atoms with van der Waals surface area (Å²) in [5.41, 5.74) is 0. The van der Waals surface area contributed by atoms with Gasteiger partial charge in [-0.15, -0.1) is 0 Å². The van der Waals surface area contributed by atoms with Crippen molar-refractivity contribution >= 4 is 17.4 Å². The molecule has 0 saturated heterocycles. The standard InChI is InChI=1S/C14H17ClF3N3/c1-7(10-5-8-2-3-9(10)4-8)19-12-6-11(15)20-13(21-12)14(16,17)18/h6-10H,2-5H2,1H3,(H,19,20,21). The summed E-state index contributed by atoms with van der Waals surface area (Å²) in [5, 5.41) is 2.89. The Hall–Kier alpha value is -1.04. The quantitative estimate of drug-likeness (QED) is 0.840. The molecule has 0 spiro atoms. The molecule has 1 heterocycles. The molecule has 21 heavy (non-hydrogen) atoms. The summed E-state index contributed by atoms with van der Waals surface area (Å²) < 4.78 is 38.1. The number of rotatable bonds is 3. The van der Waals surface area contributed by atoms with Gasteiger partial charge in [-0.3, -0.25) is 0 Å². The van der Waals surface area contributed by atoms with Gasteiger partial charge in [0.2, 0.25) is 5.82 Å². The molecule has 1 aromatic rings. The van der Waals surface area contributed by atoms with Crippen LogP contribution >= 0.6 is 11.6 Å². The molecule has 0 aromatic carbocycles. The maximum atomic E-state index is 12.7. The number of halogens is 4. The zero-order chi connectivity index (χ0) is 15.2. The molecule has 3 rings (SSSR count). The molecular formula is C14H17ClF3N3. The highest BCUT2D eigenvalue weighted by atomic mass is 35.5. The van der Waals surface area contributed by atoms with E-state index < -0.39 is 12.0 Å². The zero-order valence-corrected chi connectivity index (χ0v) is 12.4. The molecule has 2 aliphatic carbocycles. The average molecular weight is 320 g/mol. The second-order valence-corrected chi connectivity index (χ2v) is 6.56. The first-order valence-electron chi connectivity index (χ1n) is 7.21. The molecule has 3 nitrogen and oxygen atoms in total. The Morgan fingerprint density at radius 1 is 1.29 bits per heavy atom. The normalized spacial score (nSPS) is 29.7. The van der Waals surface area contributed by atoms with E-state index in [1.165, 1.54) is 25.3 Å². The fraction of sp³-hybridized carbons (Fsp3) is 0.714. The van der Waals surface area contributed by atoms with Crippen LogP contribution in [0.25, 0.3) is 0 Å². The van der Waals surface area contributed by atoms with E-state index in [2.05, 4.69) is 15.3 Å². The van der Waals surface area contributed by atoms with E-state index in [9.17, 15) is 13.2 Å². The van der Waals surface area contributed by atoms with Crippen molar-refractivity contribution in [3.05, 3.63) is 17.0 Å². The number of hydrogen-bond donors (Lipinski definition) is 1. The van der Waals surface area contributed by atoms with Gasteiger partial charge in [-0.2, -0.15) is 13.2 Å². The predicted molar refractivity (Wildman–Crippen MR) is 74.1 cm³/mol. The van der Waals surface area contributed by atoms with Crippen molar-refractivity contribution in [1.82, 2.24) is 9.97 Å². The second kappa shape index (κ2) is 5.30. The Balaban J connectivity index is 1.74. The largest absolute Gasteiger partial charge is 0.451 e. The number of alkyl halides is 3. The van der Waals surface area contributed by atoms with Crippen molar-refractivity contribution < 1.29 is 13.2 Å². The Kier molecular flexibility index (Phi) is 3.76. The number of hydrogen-bond acceptors (Lipinski definition) is 3. The molecule has 2 saturated carbocycles. The molecule has 2 fully saturated rings. The van der Waals surface area contributed by atoms with E-state index in [0.29, 0.717) is 11.8 Å². The molecule has 2 aliphatic rings. The van der Waals surface area contributed by atoms with E-state index in [4.69, 9.17) is 11.6 Å². The topological polar surface area (TPSA) is 37.8 Å². The molecule has 1 aromatic heterocycles. The Morgan fingerprint density at radius 3 is 2.62 bits per heavy atom. The summed E-state index contributed by atoms with van der Waals surface area (Å²) in [6.45, 7) is 2.01. The molecule has 2 bridgehead atoms. The van der Waals surface area contributed by atoms with Gasteiger partial charge in [-0.1, -0.05) is 18.0 Å². The zero-order valence-electron chi connectivity index (χ0n) is 11.6. The molecule has 4 atom stereocenters. The van der Waals surface area contributed by atoms with E-state index in [-0.39, 0.29) is 17.0 Å². The van der Waals surface area contributed by atoms with Crippen molar-refractivity contribution in [1.29, 1.82) is 0 Å². The van der Waals surface area contributed by atoms with E-state index in [1.54, 1.807) is 0 Å². The first-order valence-corrected chi connectivity index (χ1v) is 7.59. The Bertz CT molecular complexity index is 535. The summed E-state index contributed by atoms with van der Waals surface area (Å²) >= 11 is 5.67. The molecule has 0 amide bonds. The SMILES string of the molecule is CC(Nc1cc(Cl)nc(C(F)(F)F)n1)C1CC2CCC1C2. The summed E-state index contributed by atoms with van der Waals surface area (Å²) in [7, 11) is 0. The molecule has 0 radical (unpaired) electrons. The third kappa shape index (κ3) is 3.10. The predicted octanol–water partition coefficient (Wildman–Crippen LogP) is 4.39. The highest BCUT2D eigenvalue weighted by molar-refractivity contribution is 6.29. The third-order valence-corrected chi connectivity index (χ3v) is 4.95. The third-order valence-electron chi connectivity index (χ3n) is 4.76. The summed E-state index contributed by atoms with van der Waals surface area (Å²) in [4.78, 5) is 6.78. The van der Waals surface area contributed by atoms with Crippen LogP contribution in [0.1, 0.15) is 38.4 Å². The highest BCUT2D eigenvalue weighted by Crippen LogP contribution is 2.49. The number of nitrogens with zero attached hydrogens (tertiary/aromatic N) is 2. The number of anilines is 1. The monoisotopic (exact) mass is 319 g/mol. The Labute approximate surface area is 126 Å². The fourth-order valence-electron chi connectivity index (χ4n) is 3.86. The molecule has 0 aliphatic heterocycles. The van der Waals surface area contributed by atoms with E-state index in [0.717, 1.165) is 12.3 Å². The van der Waals surface area contributed by atoms with Gasteiger partial charge in [0.15, 0.2) is 0 Å². The van der Waals surface area contributed by atoms with Gasteiger partial charge in [-0.25, -0.2) is 9.97 Å². The van der Waals surface area contributed by atoms with Crippen LogP contribution in [0.2, 0.25) is 5.15 Å². The summed E-state index contributed by atoms with van der Waals surface area (Å²) in [6.07, 6.45) is 0.362. The minimum absolute atomic E-state index is 0.0901. The lowest BCUT2D eigenvalue weighted by Gasteiger charge is -2.29. The van der Waals surface area contributed by atoms with Crippen LogP contribution in [-0.4, -0.2) is 16.0 Å². The molecular weight excluding hydrogens is 303 g/mol. The fourth-order valence-corrected chi connectivity index (χ4v) is 4.05. The lowest BCUT2D eigenvalue weighted by molar-refractivity contribution is -0.144. The second-order valence-electron chi connectivity index (χ2n) is 6.17. The van der Waals surface area contributed by atoms with Gasteiger partial charge in [0.25, 0.3) is 0 Å². The smallest absolute Gasteiger partial charge is 0.367 e. The van der Waals surface area contributed by atoms with Crippen LogP contribution in [0.3, 0.4) is 0 Å². The highest BCUT2D eigenvalue weighted by Gasteiger charge is 2.42. The maximum Gasteiger partial charge on any atom is 0.451 e. The number of fused-ring (bicyclic) bond motifs is 2. The van der Waals surface area contributed by atoms with Crippen molar-refractivity contribution in [3.63, 3.8) is 0 Å². The number of aromatic nitrogens is 2. The average Bonchev–Trinajstić information content (AvgIpc) is 2.99. The van der Waals surface area contributed by atoms with Crippen LogP contribution in [0.15, 0.2) is 6.07 Å². The van der Waals surface area contributed by atoms with Crippen LogP contribution in [-0.2, 0) is 6.18 Å². The molecule has 1 N–H and O–H groups in total. The molecule has 116 valence electrons. The maximum absolute atomic E-state index is 12.7. The van der Waals surface area contributed by atoms with Crippen LogP contribution in [0.5, 0.6) is 0 Å². The van der Waals surface area contributed by atoms with E-state index >= 15 is 0 Å². The van der Waals surface area contributed by atoms with Crippen LogP contribution in [0, 0.1) is 17.8 Å². The minimum atomic E-state index is -4.59. The minimum Gasteiger partial charge on any atom is -0.367 e. The van der Waals surface area contributed by atoms with Gasteiger partial charge in [-0.05, 0) is 43.9 Å². The number of nitrogens with one attached hydrogen (secondary N) is 1. The van der Waals surface area contributed by atoms with Crippen molar-refractivity contribution in [2.24, 2.45) is 17.8 Å². The van der Waals surface area contributed by atoms with Crippen molar-refractivity contribution in [2.45, 2.75) is 44.8 Å². The summed E-state index contributed by atoms with van der Waals surface area (Å²) in [6, 6.07) is 1.44. The van der Waals surface area contributed by atoms with Crippen molar-refractivity contribution in [3.8, 4) is 0 Å². The molecule has 4 unspecified atom stereocenters. The first kappa shape index (κ1) is 14.9. The van der Waals surface area contributed by atoms with Gasteiger partial charge in [0.05, 0.1) is 0 Å². The van der Waals surface area contributed by atoms with Gasteiger partial charge >= 0.3 is 6.18 Å². The van der Waals surface area contributed by atoms with Gasteiger partial charge in [0, 0.05) is 12.1 Å². The van der Waals surface area contributed by atoms with Crippen molar-refractivity contribution in [2.75, 3.05) is 5.32 Å². The summed E-state index contributed by atoms with van der Waals surface area (Å²) in [5.74, 6) is 0.947. The van der Waals surface area contributed by atoms with Crippen LogP contribution in [0.4, 0.5) is 19.0 Å². The lowest BCUT2D eigenvalue weighted by atomic mass is 9.84. The first-order chi connectivity index (χ1) is 9.83. The van der Waals surface area contributed by atoms with E-state index in [1.807, 2.05) is 6.92 Å².